The number of aromatic nitrogens is 2. The number of esters is 1. The number of benzene rings is 1. The minimum atomic E-state index is -3.88. The fraction of sp³-hybridized carbons (Fsp3) is 0.412. The molecule has 0 spiro atoms. The second-order valence-electron chi connectivity index (χ2n) is 6.02. The van der Waals surface area contributed by atoms with Crippen LogP contribution in [0.25, 0.3) is 0 Å². The Labute approximate surface area is 147 Å². The van der Waals surface area contributed by atoms with Gasteiger partial charge in [0, 0.05) is 6.54 Å². The van der Waals surface area contributed by atoms with Crippen molar-refractivity contribution < 1.29 is 17.9 Å². The van der Waals surface area contributed by atoms with Gasteiger partial charge >= 0.3 is 5.97 Å². The predicted octanol–water partition coefficient (Wildman–Crippen LogP) is 2.42. The summed E-state index contributed by atoms with van der Waals surface area (Å²) in [6.07, 6.45) is 2.70. The van der Waals surface area contributed by atoms with Gasteiger partial charge in [0.05, 0.1) is 18.8 Å². The van der Waals surface area contributed by atoms with Gasteiger partial charge in [-0.3, -0.25) is 5.10 Å². The van der Waals surface area contributed by atoms with Gasteiger partial charge in [-0.2, -0.15) is 9.40 Å². The fourth-order valence-electron chi connectivity index (χ4n) is 3.09. The number of H-pyrrole nitrogens is 1. The maximum atomic E-state index is 13.1. The average Bonchev–Trinajstić information content (AvgIpc) is 3.26. The van der Waals surface area contributed by atoms with E-state index in [0.717, 1.165) is 24.0 Å². The van der Waals surface area contributed by atoms with Crippen molar-refractivity contribution >= 4 is 16.0 Å². The second-order valence-corrected chi connectivity index (χ2v) is 7.85. The van der Waals surface area contributed by atoms with Crippen LogP contribution in [0, 0.1) is 6.92 Å². The van der Waals surface area contributed by atoms with E-state index in [1.165, 1.54) is 10.5 Å². The van der Waals surface area contributed by atoms with E-state index >= 15 is 0 Å². The number of carbonyl (C=O) groups is 1. The van der Waals surface area contributed by atoms with E-state index in [2.05, 4.69) is 10.2 Å². The maximum absolute atomic E-state index is 13.1. The molecule has 3 rings (SSSR count). The summed E-state index contributed by atoms with van der Waals surface area (Å²) in [6.45, 7) is 4.23. The summed E-state index contributed by atoms with van der Waals surface area (Å²) in [7, 11) is -3.88. The summed E-state index contributed by atoms with van der Waals surface area (Å²) in [5, 5.41) is 6.00. The molecule has 1 aromatic heterocycles. The van der Waals surface area contributed by atoms with Gasteiger partial charge in [0.2, 0.25) is 0 Å². The standard InChI is InChI=1S/C17H21N3O4S/c1-3-24-17(21)14-11-18-19-16(14)25(22,23)20-10-4-5-15(20)13-8-6-12(2)7-9-13/h6-9,11,15H,3-5,10H2,1-2H3,(H,18,19). The summed E-state index contributed by atoms with van der Waals surface area (Å²) in [4.78, 5) is 12.0. The van der Waals surface area contributed by atoms with Crippen LogP contribution in [0.15, 0.2) is 35.5 Å². The zero-order chi connectivity index (χ0) is 18.0. The van der Waals surface area contributed by atoms with Gasteiger partial charge < -0.3 is 4.74 Å². The van der Waals surface area contributed by atoms with Gasteiger partial charge in [0.1, 0.15) is 5.56 Å². The third kappa shape index (κ3) is 3.32. The van der Waals surface area contributed by atoms with Crippen molar-refractivity contribution in [1.82, 2.24) is 14.5 Å². The molecule has 1 atom stereocenters. The molecule has 1 aromatic carbocycles. The highest BCUT2D eigenvalue weighted by molar-refractivity contribution is 7.89. The van der Waals surface area contributed by atoms with Gasteiger partial charge in [-0.05, 0) is 32.3 Å². The SMILES string of the molecule is CCOC(=O)c1cn[nH]c1S(=O)(=O)N1CCCC1c1ccc(C)cc1. The Hall–Kier alpha value is -2.19. The van der Waals surface area contributed by atoms with Crippen LogP contribution in [0.1, 0.15) is 47.3 Å². The summed E-state index contributed by atoms with van der Waals surface area (Å²) in [5.41, 5.74) is 2.01. The molecule has 25 heavy (non-hydrogen) atoms. The quantitative estimate of drug-likeness (QED) is 0.824. The van der Waals surface area contributed by atoms with E-state index in [0.29, 0.717) is 6.54 Å². The Balaban J connectivity index is 1.95. The lowest BCUT2D eigenvalue weighted by atomic mass is 10.0. The topological polar surface area (TPSA) is 92.4 Å². The van der Waals surface area contributed by atoms with Gasteiger partial charge in [-0.1, -0.05) is 29.8 Å². The van der Waals surface area contributed by atoms with Gasteiger partial charge in [0.25, 0.3) is 10.0 Å². The molecule has 7 nitrogen and oxygen atoms in total. The van der Waals surface area contributed by atoms with E-state index in [9.17, 15) is 13.2 Å². The molecule has 1 aliphatic rings. The number of rotatable bonds is 5. The predicted molar refractivity (Wildman–Crippen MR) is 91.6 cm³/mol. The third-order valence-corrected chi connectivity index (χ3v) is 6.21. The van der Waals surface area contributed by atoms with E-state index < -0.39 is 16.0 Å². The summed E-state index contributed by atoms with van der Waals surface area (Å²) in [5.74, 6) is -0.694. The Morgan fingerprint density at radius 2 is 2.08 bits per heavy atom. The van der Waals surface area contributed by atoms with E-state index in [1.54, 1.807) is 6.92 Å². The molecule has 1 saturated heterocycles. The number of hydrogen-bond donors (Lipinski definition) is 1. The van der Waals surface area contributed by atoms with Crippen LogP contribution in [0.5, 0.6) is 0 Å². The molecule has 0 aliphatic carbocycles. The fourth-order valence-corrected chi connectivity index (χ4v) is 4.84. The Morgan fingerprint density at radius 1 is 1.36 bits per heavy atom. The highest BCUT2D eigenvalue weighted by atomic mass is 32.2. The van der Waals surface area contributed by atoms with Crippen LogP contribution < -0.4 is 0 Å². The average molecular weight is 363 g/mol. The number of sulfonamides is 1. The molecular weight excluding hydrogens is 342 g/mol. The first kappa shape index (κ1) is 17.6. The molecule has 0 saturated carbocycles. The van der Waals surface area contributed by atoms with E-state index in [1.807, 2.05) is 31.2 Å². The lowest BCUT2D eigenvalue weighted by Gasteiger charge is -2.24. The van der Waals surface area contributed by atoms with Crippen molar-refractivity contribution in [3.8, 4) is 0 Å². The van der Waals surface area contributed by atoms with Crippen LogP contribution in [0.2, 0.25) is 0 Å². The minimum absolute atomic E-state index is 0.0589. The molecule has 8 heteroatoms. The highest BCUT2D eigenvalue weighted by Crippen LogP contribution is 2.36. The normalized spacial score (nSPS) is 18.4. The van der Waals surface area contributed by atoms with Crippen molar-refractivity contribution in [3.05, 3.63) is 47.2 Å². The van der Waals surface area contributed by atoms with Crippen LogP contribution in [-0.2, 0) is 14.8 Å². The second kappa shape index (κ2) is 6.97. The van der Waals surface area contributed by atoms with Crippen LogP contribution in [0.4, 0.5) is 0 Å². The monoisotopic (exact) mass is 363 g/mol. The number of aromatic amines is 1. The number of nitrogens with zero attached hydrogens (tertiary/aromatic N) is 2. The number of nitrogens with one attached hydrogen (secondary N) is 1. The first-order valence-electron chi connectivity index (χ1n) is 8.24. The van der Waals surface area contributed by atoms with Gasteiger partial charge in [-0.25, -0.2) is 13.2 Å². The van der Waals surface area contributed by atoms with Crippen molar-refractivity contribution in [2.45, 2.75) is 37.8 Å². The van der Waals surface area contributed by atoms with Crippen molar-refractivity contribution in [2.24, 2.45) is 0 Å². The number of carbonyl (C=O) groups excluding carboxylic acids is 1. The molecule has 0 radical (unpaired) electrons. The third-order valence-electron chi connectivity index (χ3n) is 4.33. The van der Waals surface area contributed by atoms with Crippen LogP contribution in [0.3, 0.4) is 0 Å². The largest absolute Gasteiger partial charge is 0.462 e. The molecule has 2 heterocycles. The molecule has 1 aliphatic heterocycles. The first-order chi connectivity index (χ1) is 11.9. The molecule has 0 amide bonds. The van der Waals surface area contributed by atoms with Crippen molar-refractivity contribution in [2.75, 3.05) is 13.2 Å². The van der Waals surface area contributed by atoms with Crippen LogP contribution in [-0.4, -0.2) is 42.0 Å². The smallest absolute Gasteiger partial charge is 0.342 e. The minimum Gasteiger partial charge on any atom is -0.462 e. The first-order valence-corrected chi connectivity index (χ1v) is 9.68. The zero-order valence-electron chi connectivity index (χ0n) is 14.2. The van der Waals surface area contributed by atoms with Crippen molar-refractivity contribution in [3.63, 3.8) is 0 Å². The highest BCUT2D eigenvalue weighted by Gasteiger charge is 2.39. The summed E-state index contributed by atoms with van der Waals surface area (Å²) >= 11 is 0. The van der Waals surface area contributed by atoms with E-state index in [-0.39, 0.29) is 23.2 Å². The summed E-state index contributed by atoms with van der Waals surface area (Å²) < 4.78 is 32.6. The molecule has 134 valence electrons. The molecule has 0 bridgehead atoms. The molecule has 2 aromatic rings. The lowest BCUT2D eigenvalue weighted by Crippen LogP contribution is -2.32. The maximum Gasteiger partial charge on any atom is 0.342 e. The zero-order valence-corrected chi connectivity index (χ0v) is 15.0. The molecule has 1 N–H and O–H groups in total. The van der Waals surface area contributed by atoms with Gasteiger partial charge in [-0.15, -0.1) is 0 Å². The Kier molecular flexibility index (Phi) is 4.91. The number of aryl methyl sites for hydroxylation is 1. The summed E-state index contributed by atoms with van der Waals surface area (Å²) in [6, 6.07) is 7.60. The Bertz CT molecular complexity index is 858. The van der Waals surface area contributed by atoms with E-state index in [4.69, 9.17) is 4.74 Å². The lowest BCUT2D eigenvalue weighted by molar-refractivity contribution is 0.0521. The number of ether oxygens (including phenoxy) is 1. The molecule has 1 fully saturated rings. The molecule has 1 unspecified atom stereocenters. The number of hydrogen-bond acceptors (Lipinski definition) is 5. The molecular formula is C17H21N3O4S. The Morgan fingerprint density at radius 3 is 2.76 bits per heavy atom. The van der Waals surface area contributed by atoms with Gasteiger partial charge in [0.15, 0.2) is 5.03 Å². The van der Waals surface area contributed by atoms with Crippen molar-refractivity contribution in [1.29, 1.82) is 0 Å². The van der Waals surface area contributed by atoms with Crippen LogP contribution >= 0.6 is 0 Å².